The van der Waals surface area contributed by atoms with E-state index in [2.05, 4.69) is 4.42 Å². The summed E-state index contributed by atoms with van der Waals surface area (Å²) < 4.78 is 6.08. The van der Waals surface area contributed by atoms with E-state index in [1.807, 2.05) is 0 Å². The first kappa shape index (κ1) is 6.80. The van der Waals surface area contributed by atoms with Crippen LogP contribution >= 0.6 is 0 Å². The molecule has 1 aromatic heterocycles. The van der Waals surface area contributed by atoms with Gasteiger partial charge in [0.05, 0.1) is 6.54 Å². The van der Waals surface area contributed by atoms with Crippen LogP contribution in [-0.4, -0.2) is 10.4 Å². The molecule has 54 valence electrons. The second kappa shape index (κ2) is 2.51. The maximum absolute atomic E-state index is 10.5. The van der Waals surface area contributed by atoms with Crippen LogP contribution in [0.2, 0.25) is 0 Å². The van der Waals surface area contributed by atoms with Gasteiger partial charge in [-0.15, -0.1) is 0 Å². The van der Waals surface area contributed by atoms with Crippen molar-refractivity contribution in [2.45, 2.75) is 13.5 Å². The zero-order chi connectivity index (χ0) is 7.56. The minimum atomic E-state index is 0.00944. The van der Waals surface area contributed by atoms with Crippen molar-refractivity contribution in [2.75, 3.05) is 0 Å². The van der Waals surface area contributed by atoms with Crippen molar-refractivity contribution in [1.82, 2.24) is 4.57 Å². The summed E-state index contributed by atoms with van der Waals surface area (Å²) in [6.45, 7) is 1.69. The number of aromatic nitrogens is 1. The predicted molar refractivity (Wildman–Crippen MR) is 33.2 cm³/mol. The summed E-state index contributed by atoms with van der Waals surface area (Å²) in [4.78, 5) is 10.5. The van der Waals surface area contributed by atoms with E-state index in [1.54, 1.807) is 6.20 Å². The smallest absolute Gasteiger partial charge is 0.294 e. The van der Waals surface area contributed by atoms with Gasteiger partial charge in [-0.05, 0) is 6.92 Å². The van der Waals surface area contributed by atoms with Gasteiger partial charge in [-0.25, -0.2) is 0 Å². The van der Waals surface area contributed by atoms with Crippen molar-refractivity contribution >= 4 is 5.78 Å². The molecule has 0 fully saturated rings. The molecule has 1 rings (SSSR count). The normalized spacial score (nSPS) is 9.70. The number of carbonyl (C=O) groups excluding carboxylic acids is 1. The first-order chi connectivity index (χ1) is 4.70. The molecule has 0 atom stereocenters. The molecule has 4 heteroatoms. The van der Waals surface area contributed by atoms with Gasteiger partial charge in [0.2, 0.25) is 0 Å². The van der Waals surface area contributed by atoms with Gasteiger partial charge in [0, 0.05) is 6.20 Å². The van der Waals surface area contributed by atoms with Crippen LogP contribution in [0.4, 0.5) is 0 Å². The minimum Gasteiger partial charge on any atom is -0.432 e. The lowest BCUT2D eigenvalue weighted by Crippen LogP contribution is -2.17. The SMILES string of the molecule is CC(=O)Cn1ccoc1=N. The lowest BCUT2D eigenvalue weighted by Gasteiger charge is -1.92. The first-order valence-electron chi connectivity index (χ1n) is 2.88. The topological polar surface area (TPSA) is 59.0 Å². The van der Waals surface area contributed by atoms with Crippen LogP contribution in [0.15, 0.2) is 16.9 Å². The van der Waals surface area contributed by atoms with Crippen molar-refractivity contribution in [3.8, 4) is 0 Å². The lowest BCUT2D eigenvalue weighted by molar-refractivity contribution is -0.117. The minimum absolute atomic E-state index is 0.00944. The number of oxazole rings is 1. The van der Waals surface area contributed by atoms with Crippen LogP contribution in [0.1, 0.15) is 6.92 Å². The largest absolute Gasteiger partial charge is 0.432 e. The number of nitrogens with zero attached hydrogens (tertiary/aromatic N) is 1. The molecule has 0 saturated heterocycles. The number of Topliss-reactive ketones (excluding diaryl/α,β-unsaturated/α-hetero) is 1. The summed E-state index contributed by atoms with van der Waals surface area (Å²) in [5.74, 6) is 0.0138. The van der Waals surface area contributed by atoms with Gasteiger partial charge in [-0.1, -0.05) is 0 Å². The van der Waals surface area contributed by atoms with Gasteiger partial charge in [-0.2, -0.15) is 0 Å². The van der Waals surface area contributed by atoms with Crippen LogP contribution in [0, 0.1) is 5.41 Å². The molecule has 0 aliphatic carbocycles. The summed E-state index contributed by atoms with van der Waals surface area (Å²) in [5, 5.41) is 7.09. The number of nitrogens with one attached hydrogen (secondary N) is 1. The van der Waals surface area contributed by atoms with Crippen LogP contribution in [0.3, 0.4) is 0 Å². The second-order valence-corrected chi connectivity index (χ2v) is 2.04. The molecule has 10 heavy (non-hydrogen) atoms. The van der Waals surface area contributed by atoms with Crippen molar-refractivity contribution in [3.63, 3.8) is 0 Å². The Bertz CT molecular complexity index is 284. The van der Waals surface area contributed by atoms with Gasteiger partial charge in [-0.3, -0.25) is 14.8 Å². The summed E-state index contributed by atoms with van der Waals surface area (Å²) in [5.41, 5.74) is 0.00944. The van der Waals surface area contributed by atoms with Crippen molar-refractivity contribution in [1.29, 1.82) is 5.41 Å². The summed E-state index contributed by atoms with van der Waals surface area (Å²) in [6, 6.07) is 0. The van der Waals surface area contributed by atoms with E-state index in [0.29, 0.717) is 0 Å². The number of rotatable bonds is 2. The molecular formula is C6H8N2O2. The van der Waals surface area contributed by atoms with Gasteiger partial charge in [0.25, 0.3) is 5.68 Å². The second-order valence-electron chi connectivity index (χ2n) is 2.04. The molecule has 0 saturated carbocycles. The Morgan fingerprint density at radius 2 is 2.60 bits per heavy atom. The average Bonchev–Trinajstić information content (AvgIpc) is 2.15. The molecule has 0 amide bonds. The third-order valence-corrected chi connectivity index (χ3v) is 1.07. The van der Waals surface area contributed by atoms with E-state index in [0.717, 1.165) is 0 Å². The van der Waals surface area contributed by atoms with Gasteiger partial charge in [0.15, 0.2) is 0 Å². The molecule has 1 aromatic rings. The molecule has 0 spiro atoms. The summed E-state index contributed by atoms with van der Waals surface area (Å²) in [7, 11) is 0. The molecule has 0 unspecified atom stereocenters. The number of carbonyl (C=O) groups is 1. The zero-order valence-electron chi connectivity index (χ0n) is 5.63. The number of hydrogen-bond acceptors (Lipinski definition) is 3. The fourth-order valence-corrected chi connectivity index (χ4v) is 0.668. The molecule has 0 radical (unpaired) electrons. The maximum Gasteiger partial charge on any atom is 0.294 e. The molecule has 1 N–H and O–H groups in total. The molecule has 0 aliphatic heterocycles. The molecule has 0 aromatic carbocycles. The number of ketones is 1. The fraction of sp³-hybridized carbons (Fsp3) is 0.333. The van der Waals surface area contributed by atoms with Crippen molar-refractivity contribution < 1.29 is 9.21 Å². The third-order valence-electron chi connectivity index (χ3n) is 1.07. The Morgan fingerprint density at radius 1 is 1.90 bits per heavy atom. The fourth-order valence-electron chi connectivity index (χ4n) is 0.668. The highest BCUT2D eigenvalue weighted by atomic mass is 16.3. The first-order valence-corrected chi connectivity index (χ1v) is 2.88. The van der Waals surface area contributed by atoms with Crippen LogP contribution in [0.5, 0.6) is 0 Å². The van der Waals surface area contributed by atoms with E-state index in [-0.39, 0.29) is 18.0 Å². The molecule has 1 heterocycles. The van der Waals surface area contributed by atoms with E-state index in [9.17, 15) is 4.79 Å². The average molecular weight is 140 g/mol. The van der Waals surface area contributed by atoms with E-state index < -0.39 is 0 Å². The lowest BCUT2D eigenvalue weighted by atomic mass is 10.4. The highest BCUT2D eigenvalue weighted by Gasteiger charge is 1.96. The Kier molecular flexibility index (Phi) is 1.71. The Labute approximate surface area is 57.6 Å². The molecule has 0 bridgehead atoms. The standard InChI is InChI=1S/C6H8N2O2/c1-5(9)4-8-2-3-10-6(8)7/h2-3,7H,4H2,1H3. The quantitative estimate of drug-likeness (QED) is 0.635. The van der Waals surface area contributed by atoms with E-state index in [1.165, 1.54) is 17.8 Å². The van der Waals surface area contributed by atoms with Crippen LogP contribution in [-0.2, 0) is 11.3 Å². The van der Waals surface area contributed by atoms with E-state index >= 15 is 0 Å². The molecule has 0 aliphatic rings. The van der Waals surface area contributed by atoms with Crippen LogP contribution in [0.25, 0.3) is 0 Å². The Morgan fingerprint density at radius 3 is 3.00 bits per heavy atom. The van der Waals surface area contributed by atoms with Gasteiger partial charge in [0.1, 0.15) is 12.0 Å². The summed E-state index contributed by atoms with van der Waals surface area (Å²) >= 11 is 0. The zero-order valence-corrected chi connectivity index (χ0v) is 5.63. The van der Waals surface area contributed by atoms with Gasteiger partial charge < -0.3 is 4.42 Å². The van der Waals surface area contributed by atoms with E-state index in [4.69, 9.17) is 5.41 Å². The molecule has 4 nitrogen and oxygen atoms in total. The highest BCUT2D eigenvalue weighted by Crippen LogP contribution is 1.82. The summed E-state index contributed by atoms with van der Waals surface area (Å²) in [6.07, 6.45) is 2.94. The maximum atomic E-state index is 10.5. The molecular weight excluding hydrogens is 132 g/mol. The van der Waals surface area contributed by atoms with Crippen LogP contribution < -0.4 is 5.68 Å². The van der Waals surface area contributed by atoms with Crippen molar-refractivity contribution in [3.05, 3.63) is 18.1 Å². The number of hydrogen-bond donors (Lipinski definition) is 1. The monoisotopic (exact) mass is 140 g/mol. The highest BCUT2D eigenvalue weighted by molar-refractivity contribution is 5.75. The predicted octanol–water partition coefficient (Wildman–Crippen LogP) is 0.150. The van der Waals surface area contributed by atoms with Crippen molar-refractivity contribution in [2.24, 2.45) is 0 Å². The Balaban J connectivity index is 2.85. The van der Waals surface area contributed by atoms with Gasteiger partial charge >= 0.3 is 0 Å². The third kappa shape index (κ3) is 1.34. The Hall–Kier alpha value is -1.32.